The zero-order chi connectivity index (χ0) is 17.9. The van der Waals surface area contributed by atoms with Gasteiger partial charge in [0.15, 0.2) is 11.5 Å². The van der Waals surface area contributed by atoms with Crippen LogP contribution in [0.3, 0.4) is 0 Å². The molecule has 0 fully saturated rings. The molecule has 0 spiro atoms. The lowest BCUT2D eigenvalue weighted by Crippen LogP contribution is -2.53. The number of likely N-dealkylation sites (N-methyl/N-ethyl adjacent to an activating group) is 1. The molecule has 0 bridgehead atoms. The van der Waals surface area contributed by atoms with Crippen LogP contribution >= 0.6 is 0 Å². The Labute approximate surface area is 144 Å². The molecule has 3 N–H and O–H groups in total. The van der Waals surface area contributed by atoms with Crippen molar-refractivity contribution in [1.82, 2.24) is 10.2 Å². The summed E-state index contributed by atoms with van der Waals surface area (Å²) >= 11 is 0. The molecule has 134 valence electrons. The molecule has 1 amide bonds. The summed E-state index contributed by atoms with van der Waals surface area (Å²) in [7, 11) is 2.00. The van der Waals surface area contributed by atoms with E-state index in [1.165, 1.54) is 5.56 Å². The van der Waals surface area contributed by atoms with Gasteiger partial charge in [0.25, 0.3) is 0 Å². The predicted molar refractivity (Wildman–Crippen MR) is 93.9 cm³/mol. The average molecular weight is 335 g/mol. The van der Waals surface area contributed by atoms with E-state index >= 15 is 0 Å². The molecule has 0 aromatic heterocycles. The average Bonchev–Trinajstić information content (AvgIpc) is 3.00. The number of ether oxygens (including phenoxy) is 2. The molecule has 1 aliphatic heterocycles. The maximum absolute atomic E-state index is 12.1. The topological polar surface area (TPSA) is 76.8 Å². The van der Waals surface area contributed by atoms with Crippen LogP contribution in [0.5, 0.6) is 11.5 Å². The monoisotopic (exact) mass is 335 g/mol. The van der Waals surface area contributed by atoms with Gasteiger partial charge in [-0.2, -0.15) is 0 Å². The number of nitrogens with one attached hydrogen (secondary N) is 1. The van der Waals surface area contributed by atoms with Crippen molar-refractivity contribution in [3.63, 3.8) is 0 Å². The van der Waals surface area contributed by atoms with Crippen LogP contribution in [-0.2, 0) is 11.2 Å². The molecule has 1 aliphatic rings. The highest BCUT2D eigenvalue weighted by Gasteiger charge is 2.23. The number of fused-ring (bicyclic) bond motifs is 1. The number of nitrogens with zero attached hydrogens (tertiary/aromatic N) is 1. The molecule has 0 saturated heterocycles. The van der Waals surface area contributed by atoms with Gasteiger partial charge in [0.05, 0.1) is 12.2 Å². The van der Waals surface area contributed by atoms with Crippen molar-refractivity contribution in [3.8, 4) is 11.5 Å². The Bertz CT molecular complexity index is 577. The number of hydrogen-bond acceptors (Lipinski definition) is 5. The molecular weight excluding hydrogens is 306 g/mol. The van der Waals surface area contributed by atoms with Gasteiger partial charge in [-0.25, -0.2) is 0 Å². The molecule has 1 aromatic rings. The maximum Gasteiger partial charge on any atom is 0.238 e. The Hall–Kier alpha value is -1.79. The maximum atomic E-state index is 12.1. The molecule has 6 heteroatoms. The Balaban J connectivity index is 1.91. The predicted octanol–water partition coefficient (Wildman–Crippen LogP) is 1.72. The minimum absolute atomic E-state index is 0.0914. The minimum Gasteiger partial charge on any atom is -0.454 e. The van der Waals surface area contributed by atoms with E-state index in [9.17, 15) is 4.79 Å². The zero-order valence-electron chi connectivity index (χ0n) is 15.2. The van der Waals surface area contributed by atoms with E-state index in [0.29, 0.717) is 0 Å². The first-order valence-electron chi connectivity index (χ1n) is 8.46. The van der Waals surface area contributed by atoms with Gasteiger partial charge in [0.2, 0.25) is 12.7 Å². The van der Waals surface area contributed by atoms with Gasteiger partial charge < -0.3 is 20.5 Å². The van der Waals surface area contributed by atoms with Crippen molar-refractivity contribution >= 4 is 5.91 Å². The van der Waals surface area contributed by atoms with Gasteiger partial charge >= 0.3 is 0 Å². The van der Waals surface area contributed by atoms with Gasteiger partial charge in [-0.15, -0.1) is 0 Å². The van der Waals surface area contributed by atoms with Crippen LogP contribution in [0.25, 0.3) is 0 Å². The normalized spacial score (nSPS) is 17.0. The van der Waals surface area contributed by atoms with Crippen LogP contribution in [0.1, 0.15) is 33.3 Å². The Kier molecular flexibility index (Phi) is 6.07. The quantitative estimate of drug-likeness (QED) is 0.742. The molecule has 24 heavy (non-hydrogen) atoms. The summed E-state index contributed by atoms with van der Waals surface area (Å²) in [5.41, 5.74) is 7.08. The third-order valence-corrected chi connectivity index (χ3v) is 4.65. The zero-order valence-corrected chi connectivity index (χ0v) is 15.2. The number of carbonyl (C=O) groups excluding carboxylic acids is 1. The lowest BCUT2D eigenvalue weighted by molar-refractivity contribution is -0.125. The first kappa shape index (κ1) is 18.5. The number of hydrogen-bond donors (Lipinski definition) is 2. The fourth-order valence-electron chi connectivity index (χ4n) is 2.64. The molecule has 1 aromatic carbocycles. The Morgan fingerprint density at radius 3 is 2.58 bits per heavy atom. The van der Waals surface area contributed by atoms with E-state index in [-0.39, 0.29) is 30.8 Å². The van der Waals surface area contributed by atoms with Gasteiger partial charge in [0, 0.05) is 6.04 Å². The number of carbonyl (C=O) groups is 1. The van der Waals surface area contributed by atoms with Crippen LogP contribution < -0.4 is 20.5 Å². The summed E-state index contributed by atoms with van der Waals surface area (Å²) in [6.45, 7) is 8.28. The summed E-state index contributed by atoms with van der Waals surface area (Å²) in [6, 6.07) is 5.78. The number of rotatable bonds is 7. The largest absolute Gasteiger partial charge is 0.454 e. The van der Waals surface area contributed by atoms with Crippen LogP contribution in [0, 0.1) is 5.92 Å². The Morgan fingerprint density at radius 1 is 1.25 bits per heavy atom. The third kappa shape index (κ3) is 4.39. The molecule has 2 rings (SSSR count). The summed E-state index contributed by atoms with van der Waals surface area (Å²) in [4.78, 5) is 14.2. The molecule has 0 radical (unpaired) electrons. The van der Waals surface area contributed by atoms with Crippen molar-refractivity contribution in [2.75, 3.05) is 13.8 Å². The molecule has 6 nitrogen and oxygen atoms in total. The van der Waals surface area contributed by atoms with Crippen LogP contribution in [0.15, 0.2) is 18.2 Å². The van der Waals surface area contributed by atoms with Gasteiger partial charge in [0.1, 0.15) is 0 Å². The van der Waals surface area contributed by atoms with Crippen molar-refractivity contribution < 1.29 is 14.3 Å². The van der Waals surface area contributed by atoms with Crippen LogP contribution in [-0.4, -0.2) is 42.9 Å². The van der Waals surface area contributed by atoms with Gasteiger partial charge in [-0.3, -0.25) is 9.69 Å². The lowest BCUT2D eigenvalue weighted by Gasteiger charge is -2.32. The van der Waals surface area contributed by atoms with Crippen LogP contribution in [0.2, 0.25) is 0 Å². The molecule has 0 aliphatic carbocycles. The van der Waals surface area contributed by atoms with E-state index in [4.69, 9.17) is 15.2 Å². The first-order valence-corrected chi connectivity index (χ1v) is 8.46. The SMILES string of the molecule is CC(C)[C@H](N)C(=O)NC(C)N(C)C(C)Cc1ccc2c(c1)OCO2. The Morgan fingerprint density at radius 2 is 1.92 bits per heavy atom. The highest BCUT2D eigenvalue weighted by Crippen LogP contribution is 2.32. The third-order valence-electron chi connectivity index (χ3n) is 4.65. The van der Waals surface area contributed by atoms with Crippen molar-refractivity contribution in [2.45, 2.75) is 52.4 Å². The van der Waals surface area contributed by atoms with E-state index in [1.807, 2.05) is 40.0 Å². The number of amides is 1. The standard InChI is InChI=1S/C18H29N3O3/c1-11(2)17(19)18(22)20-13(4)21(5)12(3)8-14-6-7-15-16(9-14)24-10-23-15/h6-7,9,11-13,17H,8,10,19H2,1-5H3,(H,20,22)/t12?,13?,17-/m0/s1. The second-order valence-electron chi connectivity index (χ2n) is 6.86. The highest BCUT2D eigenvalue weighted by molar-refractivity contribution is 5.81. The summed E-state index contributed by atoms with van der Waals surface area (Å²) < 4.78 is 10.8. The van der Waals surface area contributed by atoms with E-state index < -0.39 is 6.04 Å². The molecular formula is C18H29N3O3. The minimum atomic E-state index is -0.481. The molecule has 1 heterocycles. The second kappa shape index (κ2) is 7.85. The second-order valence-corrected chi connectivity index (χ2v) is 6.86. The summed E-state index contributed by atoms with van der Waals surface area (Å²) in [6.07, 6.45) is 0.759. The van der Waals surface area contributed by atoms with Crippen molar-refractivity contribution in [2.24, 2.45) is 11.7 Å². The molecule has 0 saturated carbocycles. The number of nitrogens with two attached hydrogens (primary N) is 1. The van der Waals surface area contributed by atoms with Crippen LogP contribution in [0.4, 0.5) is 0 Å². The van der Waals surface area contributed by atoms with Gasteiger partial charge in [-0.05, 0) is 50.9 Å². The highest BCUT2D eigenvalue weighted by atomic mass is 16.7. The van der Waals surface area contributed by atoms with E-state index in [0.717, 1.165) is 17.9 Å². The lowest BCUT2D eigenvalue weighted by atomic mass is 10.0. The fourth-order valence-corrected chi connectivity index (χ4v) is 2.64. The van der Waals surface area contributed by atoms with E-state index in [2.05, 4.69) is 23.2 Å². The van der Waals surface area contributed by atoms with Crippen molar-refractivity contribution in [3.05, 3.63) is 23.8 Å². The van der Waals surface area contributed by atoms with E-state index in [1.54, 1.807) is 0 Å². The molecule has 2 unspecified atom stereocenters. The number of benzene rings is 1. The summed E-state index contributed by atoms with van der Waals surface area (Å²) in [5, 5.41) is 2.99. The molecule has 3 atom stereocenters. The van der Waals surface area contributed by atoms with Crippen molar-refractivity contribution in [1.29, 1.82) is 0 Å². The summed E-state index contributed by atoms with van der Waals surface area (Å²) in [5.74, 6) is 1.60. The van der Waals surface area contributed by atoms with Gasteiger partial charge in [-0.1, -0.05) is 19.9 Å². The first-order chi connectivity index (χ1) is 11.3. The fraction of sp³-hybridized carbons (Fsp3) is 0.611. The smallest absolute Gasteiger partial charge is 0.238 e.